The third-order valence-corrected chi connectivity index (χ3v) is 3.89. The fourth-order valence-electron chi connectivity index (χ4n) is 2.82. The topological polar surface area (TPSA) is 45.2 Å². The number of nitrogens with zero attached hydrogens (tertiary/aromatic N) is 2. The summed E-state index contributed by atoms with van der Waals surface area (Å²) in [5.74, 6) is 0. The molecule has 1 aromatic heterocycles. The summed E-state index contributed by atoms with van der Waals surface area (Å²) in [6, 6.07) is 14.2. The molecule has 0 aliphatic carbocycles. The Morgan fingerprint density at radius 2 is 1.95 bits per heavy atom. The first-order valence-corrected chi connectivity index (χ1v) is 7.33. The molecule has 0 bridgehead atoms. The molecule has 1 fully saturated rings. The van der Waals surface area contributed by atoms with Gasteiger partial charge in [0.05, 0.1) is 6.04 Å². The number of urea groups is 1. The van der Waals surface area contributed by atoms with E-state index in [1.165, 1.54) is 0 Å². The van der Waals surface area contributed by atoms with Crippen LogP contribution in [0, 0.1) is 0 Å². The molecule has 108 valence electrons. The highest BCUT2D eigenvalue weighted by Gasteiger charge is 2.29. The minimum atomic E-state index is 0.0122. The van der Waals surface area contributed by atoms with Gasteiger partial charge in [0.1, 0.15) is 0 Å². The predicted octanol–water partition coefficient (Wildman–Crippen LogP) is 3.13. The monoisotopic (exact) mass is 281 g/mol. The number of hydrogen-bond donors (Lipinski definition) is 1. The van der Waals surface area contributed by atoms with E-state index in [-0.39, 0.29) is 12.1 Å². The quantitative estimate of drug-likeness (QED) is 0.939. The average molecular weight is 281 g/mol. The van der Waals surface area contributed by atoms with Gasteiger partial charge >= 0.3 is 6.03 Å². The Labute approximate surface area is 124 Å². The van der Waals surface area contributed by atoms with Crippen LogP contribution in [-0.2, 0) is 6.54 Å². The van der Waals surface area contributed by atoms with Crippen LogP contribution in [0.4, 0.5) is 4.79 Å². The first kappa shape index (κ1) is 13.6. The van der Waals surface area contributed by atoms with Crippen LogP contribution in [0.15, 0.2) is 54.9 Å². The third-order valence-electron chi connectivity index (χ3n) is 3.89. The van der Waals surface area contributed by atoms with Crippen LogP contribution < -0.4 is 5.32 Å². The van der Waals surface area contributed by atoms with Crippen LogP contribution in [0.1, 0.15) is 30.0 Å². The van der Waals surface area contributed by atoms with Gasteiger partial charge in [0.2, 0.25) is 0 Å². The first-order chi connectivity index (χ1) is 10.3. The number of amides is 2. The molecule has 4 nitrogen and oxygen atoms in total. The van der Waals surface area contributed by atoms with Crippen LogP contribution in [-0.4, -0.2) is 22.5 Å². The lowest BCUT2D eigenvalue weighted by atomic mass is 10.1. The second-order valence-corrected chi connectivity index (χ2v) is 5.28. The van der Waals surface area contributed by atoms with Crippen molar-refractivity contribution in [2.75, 3.05) is 6.54 Å². The molecule has 1 saturated heterocycles. The highest BCUT2D eigenvalue weighted by molar-refractivity contribution is 5.75. The van der Waals surface area contributed by atoms with Crippen LogP contribution in [0.5, 0.6) is 0 Å². The summed E-state index contributed by atoms with van der Waals surface area (Å²) in [7, 11) is 0. The molecule has 1 N–H and O–H groups in total. The van der Waals surface area contributed by atoms with Crippen molar-refractivity contribution in [1.29, 1.82) is 0 Å². The summed E-state index contributed by atoms with van der Waals surface area (Å²) in [6.07, 6.45) is 5.63. The smallest absolute Gasteiger partial charge is 0.318 e. The van der Waals surface area contributed by atoms with Gasteiger partial charge in [-0.1, -0.05) is 30.3 Å². The summed E-state index contributed by atoms with van der Waals surface area (Å²) in [5.41, 5.74) is 2.28. The van der Waals surface area contributed by atoms with Crippen molar-refractivity contribution in [2.45, 2.75) is 25.4 Å². The van der Waals surface area contributed by atoms with E-state index in [0.29, 0.717) is 6.54 Å². The van der Waals surface area contributed by atoms with E-state index in [0.717, 1.165) is 30.5 Å². The predicted molar refractivity (Wildman–Crippen MR) is 81.6 cm³/mol. The summed E-state index contributed by atoms with van der Waals surface area (Å²) in [5, 5.41) is 3.01. The summed E-state index contributed by atoms with van der Waals surface area (Å²) in [4.78, 5) is 18.4. The molecule has 21 heavy (non-hydrogen) atoms. The molecule has 1 atom stereocenters. The van der Waals surface area contributed by atoms with E-state index in [9.17, 15) is 4.79 Å². The normalized spacial score (nSPS) is 17.7. The van der Waals surface area contributed by atoms with Gasteiger partial charge in [0, 0.05) is 25.5 Å². The molecule has 0 spiro atoms. The lowest BCUT2D eigenvalue weighted by Gasteiger charge is -2.25. The van der Waals surface area contributed by atoms with Crippen LogP contribution in [0.2, 0.25) is 0 Å². The van der Waals surface area contributed by atoms with Crippen molar-refractivity contribution in [1.82, 2.24) is 15.2 Å². The van der Waals surface area contributed by atoms with Crippen molar-refractivity contribution in [2.24, 2.45) is 0 Å². The third kappa shape index (κ3) is 3.21. The molecule has 4 heteroatoms. The zero-order valence-electron chi connectivity index (χ0n) is 11.9. The number of nitrogens with one attached hydrogen (secondary N) is 1. The number of aromatic nitrogens is 1. The van der Waals surface area contributed by atoms with E-state index >= 15 is 0 Å². The zero-order chi connectivity index (χ0) is 14.5. The molecule has 2 heterocycles. The Morgan fingerprint density at radius 3 is 2.71 bits per heavy atom. The van der Waals surface area contributed by atoms with Crippen LogP contribution >= 0.6 is 0 Å². The number of benzene rings is 1. The van der Waals surface area contributed by atoms with Gasteiger partial charge in [-0.25, -0.2) is 4.79 Å². The van der Waals surface area contributed by atoms with Crippen molar-refractivity contribution in [3.63, 3.8) is 0 Å². The maximum Gasteiger partial charge on any atom is 0.318 e. The molecular weight excluding hydrogens is 262 g/mol. The van der Waals surface area contributed by atoms with E-state index in [2.05, 4.69) is 10.3 Å². The number of carbonyl (C=O) groups is 1. The Balaban J connectivity index is 1.64. The van der Waals surface area contributed by atoms with Gasteiger partial charge in [-0.2, -0.15) is 0 Å². The minimum absolute atomic E-state index is 0.0122. The largest absolute Gasteiger partial charge is 0.334 e. The highest BCUT2D eigenvalue weighted by atomic mass is 16.2. The van der Waals surface area contributed by atoms with Crippen LogP contribution in [0.25, 0.3) is 0 Å². The van der Waals surface area contributed by atoms with Gasteiger partial charge in [-0.05, 0) is 36.1 Å². The van der Waals surface area contributed by atoms with Gasteiger partial charge in [0.25, 0.3) is 0 Å². The second kappa shape index (κ2) is 6.39. The van der Waals surface area contributed by atoms with E-state index in [1.807, 2.05) is 47.4 Å². The SMILES string of the molecule is O=C(NCc1ccccc1)N1CCCC1c1ccncc1. The van der Waals surface area contributed by atoms with Crippen molar-refractivity contribution >= 4 is 6.03 Å². The molecule has 2 amide bonds. The molecule has 1 aliphatic heterocycles. The molecule has 1 aromatic carbocycles. The molecule has 3 rings (SSSR count). The average Bonchev–Trinajstić information content (AvgIpc) is 3.04. The van der Waals surface area contributed by atoms with E-state index < -0.39 is 0 Å². The maximum absolute atomic E-state index is 12.4. The molecule has 0 saturated carbocycles. The van der Waals surface area contributed by atoms with E-state index in [1.54, 1.807) is 12.4 Å². The number of likely N-dealkylation sites (tertiary alicyclic amines) is 1. The fraction of sp³-hybridized carbons (Fsp3) is 0.294. The number of hydrogen-bond acceptors (Lipinski definition) is 2. The molecule has 1 aliphatic rings. The van der Waals surface area contributed by atoms with E-state index in [4.69, 9.17) is 0 Å². The first-order valence-electron chi connectivity index (χ1n) is 7.33. The lowest BCUT2D eigenvalue weighted by molar-refractivity contribution is 0.192. The van der Waals surface area contributed by atoms with Gasteiger partial charge < -0.3 is 10.2 Å². The maximum atomic E-state index is 12.4. The minimum Gasteiger partial charge on any atom is -0.334 e. The van der Waals surface area contributed by atoms with Crippen molar-refractivity contribution in [3.05, 3.63) is 66.0 Å². The fourth-order valence-corrected chi connectivity index (χ4v) is 2.82. The lowest BCUT2D eigenvalue weighted by Crippen LogP contribution is -2.39. The van der Waals surface area contributed by atoms with Gasteiger partial charge in [-0.15, -0.1) is 0 Å². The Bertz CT molecular complexity index is 585. The van der Waals surface area contributed by atoms with Gasteiger partial charge in [0.15, 0.2) is 0 Å². The standard InChI is InChI=1S/C17H19N3O/c21-17(19-13-14-5-2-1-3-6-14)20-12-4-7-16(20)15-8-10-18-11-9-15/h1-3,5-6,8-11,16H,4,7,12-13H2,(H,19,21). The molecular formula is C17H19N3O. The number of rotatable bonds is 3. The second-order valence-electron chi connectivity index (χ2n) is 5.28. The summed E-state index contributed by atoms with van der Waals surface area (Å²) in [6.45, 7) is 1.38. The van der Waals surface area contributed by atoms with Crippen molar-refractivity contribution < 1.29 is 4.79 Å². The Kier molecular flexibility index (Phi) is 4.15. The van der Waals surface area contributed by atoms with Crippen molar-refractivity contribution in [3.8, 4) is 0 Å². The molecule has 0 radical (unpaired) electrons. The van der Waals surface area contributed by atoms with Crippen LogP contribution in [0.3, 0.4) is 0 Å². The molecule has 2 aromatic rings. The highest BCUT2D eigenvalue weighted by Crippen LogP contribution is 2.31. The van der Waals surface area contributed by atoms with Gasteiger partial charge in [-0.3, -0.25) is 4.98 Å². The summed E-state index contributed by atoms with van der Waals surface area (Å²) < 4.78 is 0. The number of pyridine rings is 1. The Hall–Kier alpha value is -2.36. The summed E-state index contributed by atoms with van der Waals surface area (Å²) >= 11 is 0. The zero-order valence-corrected chi connectivity index (χ0v) is 11.9. The number of carbonyl (C=O) groups excluding carboxylic acids is 1. The Morgan fingerprint density at radius 1 is 1.19 bits per heavy atom. The molecule has 1 unspecified atom stereocenters.